The van der Waals surface area contributed by atoms with E-state index in [1.165, 1.54) is 12.1 Å². The molecule has 0 radical (unpaired) electrons. The Balaban J connectivity index is 2.70. The van der Waals surface area contributed by atoms with E-state index in [1.54, 1.807) is 24.3 Å². The van der Waals surface area contributed by atoms with Gasteiger partial charge in [0.25, 0.3) is 0 Å². The predicted molar refractivity (Wildman–Crippen MR) is 74.4 cm³/mol. The van der Waals surface area contributed by atoms with Gasteiger partial charge in [0.1, 0.15) is 0 Å². The minimum Gasteiger partial charge on any atom is -0.478 e. The van der Waals surface area contributed by atoms with Crippen LogP contribution in [0, 0.1) is 0 Å². The van der Waals surface area contributed by atoms with Crippen molar-refractivity contribution in [2.24, 2.45) is 0 Å². The van der Waals surface area contributed by atoms with Gasteiger partial charge in [0, 0.05) is 5.56 Å². The summed E-state index contributed by atoms with van der Waals surface area (Å²) in [5, 5.41) is 18.6. The maximum absolute atomic E-state index is 11.2. The number of benzene rings is 2. The maximum Gasteiger partial charge on any atom is 0.363 e. The molecule has 0 heterocycles. The fraction of sp³-hybridized carbons (Fsp3) is 0. The third kappa shape index (κ3) is 2.73. The van der Waals surface area contributed by atoms with Crippen LogP contribution >= 0.6 is 8.46 Å². The number of hydrogen-bond donors (Lipinski definition) is 2. The largest absolute Gasteiger partial charge is 0.478 e. The zero-order valence-corrected chi connectivity index (χ0v) is 11.2. The zero-order valence-electron chi connectivity index (χ0n) is 10.2. The summed E-state index contributed by atoms with van der Waals surface area (Å²) in [6, 6.07) is 10.6. The summed E-state index contributed by atoms with van der Waals surface area (Å²) in [6.07, 6.45) is 0. The highest BCUT2D eigenvalue weighted by Gasteiger charge is 2.16. The first kappa shape index (κ1) is 13.9. The van der Waals surface area contributed by atoms with Crippen LogP contribution in [-0.4, -0.2) is 22.2 Å². The van der Waals surface area contributed by atoms with Gasteiger partial charge in [-0.3, -0.25) is 0 Å². The second-order valence-corrected chi connectivity index (χ2v) is 4.80. The molecule has 0 bridgehead atoms. The molecule has 0 aliphatic carbocycles. The second kappa shape index (κ2) is 5.63. The highest BCUT2D eigenvalue weighted by molar-refractivity contribution is 7.34. The molecule has 0 aliphatic rings. The number of hydrogen-bond acceptors (Lipinski definition) is 3. The SMILES string of the molecule is O=[PH+]c1ccccc1-c1cc(C(=O)O)cc(C(=O)O)c1. The Kier molecular flexibility index (Phi) is 3.91. The first-order chi connectivity index (χ1) is 9.52. The summed E-state index contributed by atoms with van der Waals surface area (Å²) in [7, 11) is -0.708. The first-order valence-electron chi connectivity index (χ1n) is 5.62. The third-order valence-electron chi connectivity index (χ3n) is 2.77. The van der Waals surface area contributed by atoms with Crippen molar-refractivity contribution < 1.29 is 24.4 Å². The number of carboxylic acid groups (broad SMARTS) is 2. The van der Waals surface area contributed by atoms with Crippen LogP contribution in [0.3, 0.4) is 0 Å². The van der Waals surface area contributed by atoms with Crippen LogP contribution in [0.25, 0.3) is 11.1 Å². The highest BCUT2D eigenvalue weighted by Crippen LogP contribution is 2.23. The molecule has 20 heavy (non-hydrogen) atoms. The second-order valence-electron chi connectivity index (χ2n) is 4.06. The molecular formula is C14H10O5P+. The molecule has 2 N–H and O–H groups in total. The van der Waals surface area contributed by atoms with Gasteiger partial charge in [-0.15, -0.1) is 0 Å². The lowest BCUT2D eigenvalue weighted by molar-refractivity contribution is 0.0696. The fourth-order valence-electron chi connectivity index (χ4n) is 1.85. The van der Waals surface area contributed by atoms with Gasteiger partial charge in [-0.05, 0) is 35.9 Å². The molecule has 0 saturated carbocycles. The molecule has 0 aromatic heterocycles. The van der Waals surface area contributed by atoms with E-state index in [0.29, 0.717) is 16.4 Å². The normalized spacial score (nSPS) is 10.4. The lowest BCUT2D eigenvalue weighted by Gasteiger charge is -2.05. The smallest absolute Gasteiger partial charge is 0.363 e. The maximum atomic E-state index is 11.2. The Morgan fingerprint density at radius 3 is 1.95 bits per heavy atom. The number of carboxylic acids is 2. The zero-order chi connectivity index (χ0) is 14.7. The van der Waals surface area contributed by atoms with Gasteiger partial charge < -0.3 is 10.2 Å². The fourth-order valence-corrected chi connectivity index (χ4v) is 2.36. The van der Waals surface area contributed by atoms with E-state index in [2.05, 4.69) is 0 Å². The molecule has 2 aromatic rings. The Hall–Kier alpha value is -2.52. The number of rotatable bonds is 4. The van der Waals surface area contributed by atoms with E-state index < -0.39 is 20.4 Å². The molecule has 2 aromatic carbocycles. The minimum absolute atomic E-state index is 0.121. The molecular weight excluding hydrogens is 279 g/mol. The molecule has 5 nitrogen and oxygen atoms in total. The molecule has 0 aliphatic heterocycles. The van der Waals surface area contributed by atoms with Crippen molar-refractivity contribution in [1.82, 2.24) is 0 Å². The van der Waals surface area contributed by atoms with Gasteiger partial charge in [-0.25, -0.2) is 9.59 Å². The molecule has 1 atom stereocenters. The van der Waals surface area contributed by atoms with Gasteiger partial charge >= 0.3 is 20.4 Å². The molecule has 0 saturated heterocycles. The monoisotopic (exact) mass is 289 g/mol. The minimum atomic E-state index is -1.21. The third-order valence-corrected chi connectivity index (χ3v) is 3.43. The lowest BCUT2D eigenvalue weighted by atomic mass is 9.99. The first-order valence-corrected chi connectivity index (χ1v) is 6.53. The van der Waals surface area contributed by atoms with Crippen LogP contribution in [0.15, 0.2) is 42.5 Å². The van der Waals surface area contributed by atoms with Crippen LogP contribution in [0.1, 0.15) is 20.7 Å². The van der Waals surface area contributed by atoms with Crippen LogP contribution in [0.5, 0.6) is 0 Å². The summed E-state index contributed by atoms with van der Waals surface area (Å²) in [5.41, 5.74) is 0.737. The van der Waals surface area contributed by atoms with Crippen molar-refractivity contribution in [2.45, 2.75) is 0 Å². The van der Waals surface area contributed by atoms with E-state index in [-0.39, 0.29) is 11.1 Å². The van der Waals surface area contributed by atoms with Crippen molar-refractivity contribution in [3.05, 3.63) is 53.6 Å². The van der Waals surface area contributed by atoms with Gasteiger partial charge in [0.15, 0.2) is 5.30 Å². The van der Waals surface area contributed by atoms with E-state index in [1.807, 2.05) is 0 Å². The Labute approximate surface area is 115 Å². The van der Waals surface area contributed by atoms with Gasteiger partial charge in [0.05, 0.1) is 11.1 Å². The van der Waals surface area contributed by atoms with Crippen molar-refractivity contribution in [3.63, 3.8) is 0 Å². The van der Waals surface area contributed by atoms with Crippen LogP contribution in [-0.2, 0) is 4.57 Å². The predicted octanol–water partition coefficient (Wildman–Crippen LogP) is 2.40. The molecule has 100 valence electrons. The van der Waals surface area contributed by atoms with Gasteiger partial charge in [0.2, 0.25) is 0 Å². The van der Waals surface area contributed by atoms with Crippen molar-refractivity contribution in [3.8, 4) is 11.1 Å². The highest BCUT2D eigenvalue weighted by atomic mass is 31.1. The number of carbonyl (C=O) groups is 2. The van der Waals surface area contributed by atoms with Crippen LogP contribution in [0.2, 0.25) is 0 Å². The quantitative estimate of drug-likeness (QED) is 0.843. The van der Waals surface area contributed by atoms with E-state index >= 15 is 0 Å². The number of aromatic carboxylic acids is 2. The molecule has 2 rings (SSSR count). The van der Waals surface area contributed by atoms with Crippen molar-refractivity contribution >= 4 is 25.7 Å². The molecule has 6 heteroatoms. The van der Waals surface area contributed by atoms with Crippen LogP contribution in [0.4, 0.5) is 0 Å². The van der Waals surface area contributed by atoms with E-state index in [9.17, 15) is 14.2 Å². The standard InChI is InChI=1S/C14H9O5P/c15-13(16)9-5-8(6-10(7-9)14(17)18)11-3-1-2-4-12(11)20-19/h1-7H,(H,15,16)(H,17,18)/p+1. The molecule has 1 unspecified atom stereocenters. The average Bonchev–Trinajstić information content (AvgIpc) is 2.46. The summed E-state index contributed by atoms with van der Waals surface area (Å²) < 4.78 is 11.2. The lowest BCUT2D eigenvalue weighted by Crippen LogP contribution is -2.05. The van der Waals surface area contributed by atoms with E-state index in [0.717, 1.165) is 6.07 Å². The Bertz CT molecular complexity index is 676. The van der Waals surface area contributed by atoms with Crippen molar-refractivity contribution in [2.75, 3.05) is 0 Å². The average molecular weight is 289 g/mol. The molecule has 0 amide bonds. The summed E-state index contributed by atoms with van der Waals surface area (Å²) >= 11 is 0. The summed E-state index contributed by atoms with van der Waals surface area (Å²) in [5.74, 6) is -2.42. The molecule has 0 fully saturated rings. The van der Waals surface area contributed by atoms with E-state index in [4.69, 9.17) is 10.2 Å². The van der Waals surface area contributed by atoms with Crippen molar-refractivity contribution in [1.29, 1.82) is 0 Å². The Morgan fingerprint density at radius 1 is 0.900 bits per heavy atom. The molecule has 0 spiro atoms. The summed E-state index contributed by atoms with van der Waals surface area (Å²) in [6.45, 7) is 0. The Morgan fingerprint density at radius 2 is 1.45 bits per heavy atom. The summed E-state index contributed by atoms with van der Waals surface area (Å²) in [4.78, 5) is 22.1. The topological polar surface area (TPSA) is 91.7 Å². The van der Waals surface area contributed by atoms with Gasteiger partial charge in [-0.2, -0.15) is 0 Å². The van der Waals surface area contributed by atoms with Crippen LogP contribution < -0.4 is 5.30 Å². The van der Waals surface area contributed by atoms with Gasteiger partial charge in [-0.1, -0.05) is 16.7 Å².